The van der Waals surface area contributed by atoms with Crippen LogP contribution in [0.3, 0.4) is 0 Å². The molecule has 2 nitrogen and oxygen atoms in total. The van der Waals surface area contributed by atoms with Gasteiger partial charge in [0.2, 0.25) is 0 Å². The summed E-state index contributed by atoms with van der Waals surface area (Å²) in [4.78, 5) is 0. The summed E-state index contributed by atoms with van der Waals surface area (Å²) in [5, 5.41) is 21.8. The number of fused-ring (bicyclic) bond motifs is 10. The van der Waals surface area contributed by atoms with E-state index in [-0.39, 0.29) is 0 Å². The van der Waals surface area contributed by atoms with Crippen LogP contribution in [0.15, 0.2) is 170 Å². The van der Waals surface area contributed by atoms with Crippen LogP contribution < -0.4 is 0 Å². The molecular weight excluding hydrogens is 593 g/mol. The van der Waals surface area contributed by atoms with Crippen molar-refractivity contribution >= 4 is 64.9 Å². The zero-order valence-corrected chi connectivity index (χ0v) is 26.6. The quantitative estimate of drug-likeness (QED) is 0.181. The van der Waals surface area contributed by atoms with Crippen LogP contribution in [0.2, 0.25) is 0 Å². The van der Waals surface area contributed by atoms with E-state index in [4.69, 9.17) is 0 Å². The third-order valence-corrected chi connectivity index (χ3v) is 10.2. The van der Waals surface area contributed by atoms with Crippen LogP contribution in [0.5, 0.6) is 0 Å². The highest BCUT2D eigenvalue weighted by molar-refractivity contribution is 6.29. The average molecular weight is 621 g/mol. The molecule has 226 valence electrons. The molecule has 0 saturated carbocycles. The maximum atomic E-state index is 9.31. The molecule has 0 unspecified atom stereocenters. The number of nitriles is 1. The fourth-order valence-corrected chi connectivity index (χ4v) is 7.97. The van der Waals surface area contributed by atoms with Crippen molar-refractivity contribution in [3.8, 4) is 34.0 Å². The van der Waals surface area contributed by atoms with Crippen molar-refractivity contribution in [2.24, 2.45) is 0 Å². The van der Waals surface area contributed by atoms with Crippen molar-refractivity contribution in [2.45, 2.75) is 0 Å². The molecule has 10 rings (SSSR count). The number of benzene rings is 9. The van der Waals surface area contributed by atoms with Gasteiger partial charge in [-0.15, -0.1) is 0 Å². The minimum atomic E-state index is 0.670. The molecule has 0 amide bonds. The third-order valence-electron chi connectivity index (χ3n) is 10.2. The highest BCUT2D eigenvalue weighted by Crippen LogP contribution is 2.43. The minimum absolute atomic E-state index is 0.670. The molecule has 2 heteroatoms. The van der Waals surface area contributed by atoms with Crippen molar-refractivity contribution in [3.63, 3.8) is 0 Å². The monoisotopic (exact) mass is 620 g/mol. The lowest BCUT2D eigenvalue weighted by Crippen LogP contribution is -1.93. The summed E-state index contributed by atoms with van der Waals surface area (Å²) in [5.41, 5.74) is 8.95. The fourth-order valence-electron chi connectivity index (χ4n) is 7.97. The predicted octanol–water partition coefficient (Wildman–Crippen LogP) is 12.6. The van der Waals surface area contributed by atoms with Crippen molar-refractivity contribution < 1.29 is 0 Å². The Kier molecular flexibility index (Phi) is 5.97. The number of para-hydroxylation sites is 2. The summed E-state index contributed by atoms with van der Waals surface area (Å²) in [6.07, 6.45) is 0. The SMILES string of the molecule is N#Cc1ccc(-c2ccc(-c3ccc4c(c3)c3ccccc3c3cc5c(cc43)c3ccccc3n5-c3ccccc3)c3ccccc23)cc1. The van der Waals surface area contributed by atoms with Gasteiger partial charge in [-0.1, -0.05) is 121 Å². The number of nitrogens with zero attached hydrogens (tertiary/aromatic N) is 2. The Morgan fingerprint density at radius 1 is 0.347 bits per heavy atom. The molecular formula is C47H28N2. The molecule has 1 heterocycles. The van der Waals surface area contributed by atoms with E-state index in [1.165, 1.54) is 87.3 Å². The number of aromatic nitrogens is 1. The molecule has 0 aliphatic rings. The lowest BCUT2D eigenvalue weighted by atomic mass is 9.89. The van der Waals surface area contributed by atoms with Gasteiger partial charge in [0.1, 0.15) is 0 Å². The molecule has 10 aromatic rings. The van der Waals surface area contributed by atoms with Gasteiger partial charge in [-0.2, -0.15) is 5.26 Å². The Labute approximate surface area is 283 Å². The molecule has 0 radical (unpaired) electrons. The average Bonchev–Trinajstić information content (AvgIpc) is 3.50. The first-order valence-corrected chi connectivity index (χ1v) is 16.7. The standard InChI is InChI=1S/C47H28N2/c48-29-30-18-20-31(21-19-30)34-24-25-35(37-13-5-4-12-36(34)37)32-22-23-40-42(26-32)38-14-6-7-15-39(38)44-28-47-45(27-43(40)44)41-16-8-9-17-46(41)49(47)33-10-2-1-3-11-33/h1-28H. The summed E-state index contributed by atoms with van der Waals surface area (Å²) in [7, 11) is 0. The van der Waals surface area contributed by atoms with E-state index in [1.807, 2.05) is 24.3 Å². The highest BCUT2D eigenvalue weighted by Gasteiger charge is 2.17. The molecule has 0 fully saturated rings. The van der Waals surface area contributed by atoms with Crippen molar-refractivity contribution in [1.82, 2.24) is 4.57 Å². The molecule has 49 heavy (non-hydrogen) atoms. The number of hydrogen-bond donors (Lipinski definition) is 0. The molecule has 0 aliphatic carbocycles. The van der Waals surface area contributed by atoms with Crippen molar-refractivity contribution in [1.29, 1.82) is 5.26 Å². The van der Waals surface area contributed by atoms with Crippen LogP contribution in [-0.4, -0.2) is 4.57 Å². The van der Waals surface area contributed by atoms with Crippen LogP contribution in [0.4, 0.5) is 0 Å². The molecule has 0 N–H and O–H groups in total. The second-order valence-corrected chi connectivity index (χ2v) is 12.8. The lowest BCUT2D eigenvalue weighted by molar-refractivity contribution is 1.18. The summed E-state index contributed by atoms with van der Waals surface area (Å²) >= 11 is 0. The van der Waals surface area contributed by atoms with E-state index in [2.05, 4.69) is 156 Å². The first-order valence-electron chi connectivity index (χ1n) is 16.7. The topological polar surface area (TPSA) is 28.7 Å². The molecule has 1 aromatic heterocycles. The summed E-state index contributed by atoms with van der Waals surface area (Å²) in [5.74, 6) is 0. The largest absolute Gasteiger partial charge is 0.309 e. The van der Waals surface area contributed by atoms with E-state index < -0.39 is 0 Å². The first-order chi connectivity index (χ1) is 24.3. The van der Waals surface area contributed by atoms with Crippen LogP contribution >= 0.6 is 0 Å². The van der Waals surface area contributed by atoms with Gasteiger partial charge in [0.15, 0.2) is 0 Å². The number of rotatable bonds is 3. The van der Waals surface area contributed by atoms with Gasteiger partial charge < -0.3 is 4.57 Å². The lowest BCUT2D eigenvalue weighted by Gasteiger charge is -2.15. The predicted molar refractivity (Wildman–Crippen MR) is 206 cm³/mol. The van der Waals surface area contributed by atoms with Gasteiger partial charge in [-0.25, -0.2) is 0 Å². The van der Waals surface area contributed by atoms with Gasteiger partial charge in [0.25, 0.3) is 0 Å². The van der Waals surface area contributed by atoms with Crippen LogP contribution in [0.25, 0.3) is 92.8 Å². The third kappa shape index (κ3) is 4.13. The second-order valence-electron chi connectivity index (χ2n) is 12.8. The Bertz CT molecular complexity index is 2980. The van der Waals surface area contributed by atoms with Gasteiger partial charge in [-0.3, -0.25) is 0 Å². The molecule has 0 saturated heterocycles. The van der Waals surface area contributed by atoms with Gasteiger partial charge in [-0.05, 0) is 114 Å². The first kappa shape index (κ1) is 27.4. The molecule has 9 aromatic carbocycles. The van der Waals surface area contributed by atoms with Gasteiger partial charge in [0.05, 0.1) is 22.7 Å². The van der Waals surface area contributed by atoms with E-state index in [0.29, 0.717) is 5.56 Å². The summed E-state index contributed by atoms with van der Waals surface area (Å²) in [6, 6.07) is 63.3. The Balaban J connectivity index is 1.24. The maximum Gasteiger partial charge on any atom is 0.0991 e. The van der Waals surface area contributed by atoms with E-state index in [9.17, 15) is 5.26 Å². The normalized spacial score (nSPS) is 11.7. The number of hydrogen-bond acceptors (Lipinski definition) is 1. The zero-order valence-electron chi connectivity index (χ0n) is 26.6. The zero-order chi connectivity index (χ0) is 32.5. The van der Waals surface area contributed by atoms with E-state index >= 15 is 0 Å². The fraction of sp³-hybridized carbons (Fsp3) is 0. The Morgan fingerprint density at radius 2 is 0.878 bits per heavy atom. The molecule has 0 aliphatic heterocycles. The van der Waals surface area contributed by atoms with E-state index in [1.54, 1.807) is 0 Å². The summed E-state index contributed by atoms with van der Waals surface area (Å²) in [6.45, 7) is 0. The Hall–Kier alpha value is -6.69. The highest BCUT2D eigenvalue weighted by atomic mass is 15.0. The smallest absolute Gasteiger partial charge is 0.0991 e. The van der Waals surface area contributed by atoms with Gasteiger partial charge >= 0.3 is 0 Å². The van der Waals surface area contributed by atoms with Crippen LogP contribution in [-0.2, 0) is 0 Å². The summed E-state index contributed by atoms with van der Waals surface area (Å²) < 4.78 is 2.40. The minimum Gasteiger partial charge on any atom is -0.309 e. The molecule has 0 atom stereocenters. The second kappa shape index (κ2) is 10.7. The van der Waals surface area contributed by atoms with E-state index in [0.717, 1.165) is 5.56 Å². The van der Waals surface area contributed by atoms with Gasteiger partial charge in [0, 0.05) is 16.5 Å². The van der Waals surface area contributed by atoms with Crippen molar-refractivity contribution in [3.05, 3.63) is 175 Å². The van der Waals surface area contributed by atoms with Crippen LogP contribution in [0.1, 0.15) is 5.56 Å². The van der Waals surface area contributed by atoms with Crippen LogP contribution in [0, 0.1) is 11.3 Å². The van der Waals surface area contributed by atoms with Crippen molar-refractivity contribution in [2.75, 3.05) is 0 Å². The maximum absolute atomic E-state index is 9.31. The molecule has 0 spiro atoms. The Morgan fingerprint density at radius 3 is 1.57 bits per heavy atom. The molecule has 0 bridgehead atoms.